The van der Waals surface area contributed by atoms with E-state index in [0.717, 1.165) is 70.6 Å². The average Bonchev–Trinajstić information content (AvgIpc) is 3.42. The molecule has 2 aliphatic heterocycles. The van der Waals surface area contributed by atoms with Gasteiger partial charge in [0.25, 0.3) is 0 Å². The predicted molar refractivity (Wildman–Crippen MR) is 298 cm³/mol. The molecule has 0 saturated carbocycles. The molecule has 0 aromatic rings. The van der Waals surface area contributed by atoms with Crippen molar-refractivity contribution in [3.05, 3.63) is 48.6 Å². The first-order chi connectivity index (χ1) is 37.0. The molecule has 0 radical (unpaired) electrons. The largest absolute Gasteiger partial charge is 0.462 e. The Kier molecular flexibility index (Phi) is 43.3. The summed E-state index contributed by atoms with van der Waals surface area (Å²) in [4.78, 5) is 25.9. The number of carbonyl (C=O) groups is 2. The van der Waals surface area contributed by atoms with Gasteiger partial charge in [0.2, 0.25) is 0 Å². The Balaban J connectivity index is 1.74. The Hall–Kier alpha value is -2.54. The Morgan fingerprint density at radius 3 is 1.25 bits per heavy atom. The van der Waals surface area contributed by atoms with Gasteiger partial charge in [-0.25, -0.2) is 0 Å². The van der Waals surface area contributed by atoms with Gasteiger partial charge in [-0.15, -0.1) is 0 Å². The molecule has 0 aromatic heterocycles. The van der Waals surface area contributed by atoms with Crippen LogP contribution < -0.4 is 0 Å². The Labute approximate surface area is 458 Å². The van der Waals surface area contributed by atoms with Crippen molar-refractivity contribution in [2.75, 3.05) is 26.4 Å². The van der Waals surface area contributed by atoms with Crippen molar-refractivity contribution in [3.8, 4) is 0 Å². The summed E-state index contributed by atoms with van der Waals surface area (Å²) in [5.41, 5.74) is 0. The van der Waals surface area contributed by atoms with E-state index in [-0.39, 0.29) is 26.1 Å². The van der Waals surface area contributed by atoms with Crippen LogP contribution in [0.25, 0.3) is 0 Å². The van der Waals surface area contributed by atoms with Gasteiger partial charge in [-0.3, -0.25) is 9.59 Å². The van der Waals surface area contributed by atoms with Gasteiger partial charge in [-0.2, -0.15) is 0 Å². The van der Waals surface area contributed by atoms with E-state index in [1.54, 1.807) is 0 Å². The van der Waals surface area contributed by atoms with Crippen LogP contribution >= 0.6 is 0 Å². The summed E-state index contributed by atoms with van der Waals surface area (Å²) >= 11 is 0. The van der Waals surface area contributed by atoms with Crippen molar-refractivity contribution in [3.63, 3.8) is 0 Å². The zero-order valence-corrected chi connectivity index (χ0v) is 47.2. The van der Waals surface area contributed by atoms with Crippen LogP contribution in [0.4, 0.5) is 0 Å². The molecule has 11 atom stereocenters. The summed E-state index contributed by atoms with van der Waals surface area (Å²) in [7, 11) is 0. The smallest absolute Gasteiger partial charge is 0.306 e. The molecule has 7 N–H and O–H groups in total. The van der Waals surface area contributed by atoms with Crippen molar-refractivity contribution in [2.24, 2.45) is 0 Å². The number of aliphatic hydroxyl groups is 7. The van der Waals surface area contributed by atoms with Crippen LogP contribution in [0.5, 0.6) is 0 Å². The van der Waals surface area contributed by atoms with E-state index in [9.17, 15) is 45.3 Å². The van der Waals surface area contributed by atoms with Gasteiger partial charge >= 0.3 is 11.9 Å². The Morgan fingerprint density at radius 2 is 0.789 bits per heavy atom. The number of ether oxygens (including phenoxy) is 6. The van der Waals surface area contributed by atoms with E-state index in [2.05, 4.69) is 62.5 Å². The number of aliphatic hydroxyl groups excluding tert-OH is 7. The molecule has 15 heteroatoms. The molecule has 76 heavy (non-hydrogen) atoms. The van der Waals surface area contributed by atoms with Gasteiger partial charge in [0.1, 0.15) is 55.4 Å². The number of esters is 2. The maximum absolute atomic E-state index is 13.1. The number of carbonyl (C=O) groups excluding carboxylic acids is 2. The fraction of sp³-hybridized carbons (Fsp3) is 0.836. The second-order valence-electron chi connectivity index (χ2n) is 21.2. The summed E-state index contributed by atoms with van der Waals surface area (Å²) in [5.74, 6) is -0.929. The first-order valence-corrected chi connectivity index (χ1v) is 30.2. The van der Waals surface area contributed by atoms with E-state index >= 15 is 0 Å². The standard InChI is InChI=1S/C61H108O15/c1-3-5-7-9-11-13-15-17-19-21-23-24-26-28-30-32-34-36-38-40-42-44-53(64)74-49(46-71-52(63)43-41-39-37-35-33-31-29-27-25-22-20-18-16-14-12-10-8-6-4-2)47-72-60-59(70)57(68)55(66)51(76-60)48-73-61-58(69)56(67)54(65)50(45-62)75-61/h12,14-15,17-18,20-21,23,49-51,54-62,65-70H,3-11,13,16,19,22,24-48H2,1-2H3/b14-12-,17-15-,20-18-,23-21-. The van der Waals surface area contributed by atoms with E-state index in [1.165, 1.54) is 122 Å². The van der Waals surface area contributed by atoms with Crippen molar-refractivity contribution >= 4 is 11.9 Å². The van der Waals surface area contributed by atoms with Crippen molar-refractivity contribution in [2.45, 2.75) is 300 Å². The molecule has 2 heterocycles. The summed E-state index contributed by atoms with van der Waals surface area (Å²) in [6.07, 6.45) is 38.3. The Bertz CT molecular complexity index is 1500. The third-order valence-corrected chi connectivity index (χ3v) is 14.3. The average molecular weight is 1080 g/mol. The number of unbranched alkanes of at least 4 members (excludes halogenated alkanes) is 26. The molecule has 2 saturated heterocycles. The number of hydrogen-bond donors (Lipinski definition) is 7. The first-order valence-electron chi connectivity index (χ1n) is 30.2. The van der Waals surface area contributed by atoms with Crippen LogP contribution in [0.1, 0.15) is 232 Å². The lowest BCUT2D eigenvalue weighted by Gasteiger charge is -2.42. The third-order valence-electron chi connectivity index (χ3n) is 14.3. The number of rotatable bonds is 48. The SMILES string of the molecule is CCCCC/C=C\C/C=C\CCCCCCCCCCCC(=O)OCC(COC1OC(COC2OC(CO)C(O)C(O)C2O)C(O)C(O)C1O)OC(=O)CCCCCCCCCCC/C=C\C/C=C\CCCCCCC. The van der Waals surface area contributed by atoms with Gasteiger partial charge in [0, 0.05) is 12.8 Å². The van der Waals surface area contributed by atoms with E-state index < -0.39 is 92.7 Å². The maximum Gasteiger partial charge on any atom is 0.306 e. The van der Waals surface area contributed by atoms with Crippen LogP contribution in [0, 0.1) is 0 Å². The highest BCUT2D eigenvalue weighted by molar-refractivity contribution is 5.70. The van der Waals surface area contributed by atoms with Crippen molar-refractivity contribution < 1.29 is 73.8 Å². The number of allylic oxidation sites excluding steroid dienone is 8. The minimum Gasteiger partial charge on any atom is -0.462 e. The molecule has 0 amide bonds. The van der Waals surface area contributed by atoms with Crippen LogP contribution in [-0.2, 0) is 38.0 Å². The second kappa shape index (κ2) is 47.3. The monoisotopic (exact) mass is 1080 g/mol. The van der Waals surface area contributed by atoms with Gasteiger partial charge in [-0.05, 0) is 77.0 Å². The molecule has 2 rings (SSSR count). The highest BCUT2D eigenvalue weighted by atomic mass is 16.7. The van der Waals surface area contributed by atoms with Crippen molar-refractivity contribution in [1.29, 1.82) is 0 Å². The fourth-order valence-corrected chi connectivity index (χ4v) is 9.34. The lowest BCUT2D eigenvalue weighted by atomic mass is 9.98. The topological polar surface area (TPSA) is 231 Å². The molecule has 11 unspecified atom stereocenters. The minimum atomic E-state index is -1.77. The van der Waals surface area contributed by atoms with Gasteiger partial charge in [-0.1, -0.05) is 191 Å². The molecule has 0 spiro atoms. The third kappa shape index (κ3) is 33.8. The fourth-order valence-electron chi connectivity index (χ4n) is 9.34. The minimum absolute atomic E-state index is 0.159. The first kappa shape index (κ1) is 69.6. The van der Waals surface area contributed by atoms with E-state index in [0.29, 0.717) is 12.8 Å². The summed E-state index contributed by atoms with van der Waals surface area (Å²) in [5, 5.41) is 72.3. The molecular formula is C61H108O15. The summed E-state index contributed by atoms with van der Waals surface area (Å²) in [6.45, 7) is 2.58. The van der Waals surface area contributed by atoms with Gasteiger partial charge in [0.05, 0.1) is 19.8 Å². The zero-order valence-electron chi connectivity index (χ0n) is 47.2. The van der Waals surface area contributed by atoms with Gasteiger partial charge < -0.3 is 64.2 Å². The molecule has 0 aromatic carbocycles. The van der Waals surface area contributed by atoms with E-state index in [1.807, 2.05) is 0 Å². The molecular weight excluding hydrogens is 973 g/mol. The molecule has 0 bridgehead atoms. The van der Waals surface area contributed by atoms with Gasteiger partial charge in [0.15, 0.2) is 18.7 Å². The molecule has 2 aliphatic rings. The highest BCUT2D eigenvalue weighted by Crippen LogP contribution is 2.27. The van der Waals surface area contributed by atoms with Crippen LogP contribution in [0.3, 0.4) is 0 Å². The zero-order chi connectivity index (χ0) is 55.3. The number of hydrogen-bond acceptors (Lipinski definition) is 15. The molecule has 2 fully saturated rings. The summed E-state index contributed by atoms with van der Waals surface area (Å²) < 4.78 is 33.7. The summed E-state index contributed by atoms with van der Waals surface area (Å²) in [6, 6.07) is 0. The highest BCUT2D eigenvalue weighted by Gasteiger charge is 2.47. The van der Waals surface area contributed by atoms with Crippen LogP contribution in [0.2, 0.25) is 0 Å². The predicted octanol–water partition coefficient (Wildman–Crippen LogP) is 10.6. The Morgan fingerprint density at radius 1 is 0.421 bits per heavy atom. The van der Waals surface area contributed by atoms with Crippen LogP contribution in [0.15, 0.2) is 48.6 Å². The normalized spacial score (nSPS) is 24.6. The lowest BCUT2D eigenvalue weighted by Crippen LogP contribution is -2.61. The maximum atomic E-state index is 13.1. The van der Waals surface area contributed by atoms with Crippen molar-refractivity contribution in [1.82, 2.24) is 0 Å². The lowest BCUT2D eigenvalue weighted by molar-refractivity contribution is -0.332. The van der Waals surface area contributed by atoms with E-state index in [4.69, 9.17) is 28.4 Å². The van der Waals surface area contributed by atoms with Crippen LogP contribution in [-0.4, -0.2) is 142 Å². The second-order valence-corrected chi connectivity index (χ2v) is 21.2. The molecule has 442 valence electrons. The molecule has 15 nitrogen and oxygen atoms in total. The quantitative estimate of drug-likeness (QED) is 0.0171. The molecule has 0 aliphatic carbocycles.